The Kier molecular flexibility index (Phi) is 7.23. The topological polar surface area (TPSA) is 66.9 Å². The third-order valence-corrected chi connectivity index (χ3v) is 4.59. The van der Waals surface area contributed by atoms with Crippen LogP contribution in [0.4, 0.5) is 0 Å². The molecular weight excluding hydrogens is 326 g/mol. The summed E-state index contributed by atoms with van der Waals surface area (Å²) in [5.41, 5.74) is 1.07. The first kappa shape index (κ1) is 18.4. The molecule has 6 heteroatoms. The fourth-order valence-corrected chi connectivity index (χ4v) is 3.30. The van der Waals surface area contributed by atoms with Crippen molar-refractivity contribution in [3.63, 3.8) is 0 Å². The molecule has 1 fully saturated rings. The molecule has 0 aromatic heterocycles. The summed E-state index contributed by atoms with van der Waals surface area (Å²) in [7, 11) is 0. The Bertz CT molecular complexity index is 621. The smallest absolute Gasteiger partial charge is 0.328 e. The lowest BCUT2D eigenvalue weighted by Gasteiger charge is -2.24. The Morgan fingerprint density at radius 1 is 1.46 bits per heavy atom. The Hall–Kier alpha value is -1.90. The van der Waals surface area contributed by atoms with Crippen molar-refractivity contribution in [2.75, 3.05) is 26.2 Å². The molecule has 0 amide bonds. The van der Waals surface area contributed by atoms with Crippen LogP contribution in [0.15, 0.2) is 29.3 Å². The Labute approximate surface area is 147 Å². The Morgan fingerprint density at radius 3 is 2.79 bits per heavy atom. The molecule has 0 bridgehead atoms. The first-order valence-electron chi connectivity index (χ1n) is 8.32. The quantitative estimate of drug-likeness (QED) is 0.604. The molecule has 0 unspecified atom stereocenters. The zero-order chi connectivity index (χ0) is 17.4. The predicted molar refractivity (Wildman–Crippen MR) is 93.2 cm³/mol. The van der Waals surface area contributed by atoms with E-state index in [1.165, 1.54) is 24.0 Å². The lowest BCUT2D eigenvalue weighted by Crippen LogP contribution is -3.10. The number of nitriles is 1. The van der Waals surface area contributed by atoms with Crippen molar-refractivity contribution < 1.29 is 14.4 Å². The van der Waals surface area contributed by atoms with E-state index in [-0.39, 0.29) is 12.6 Å². The monoisotopic (exact) mass is 348 g/mol. The Morgan fingerprint density at radius 2 is 2.17 bits per heavy atom. The number of rotatable bonds is 7. The van der Waals surface area contributed by atoms with Crippen molar-refractivity contribution >= 4 is 23.8 Å². The minimum Gasteiger partial charge on any atom is -0.465 e. The molecule has 0 radical (unpaired) electrons. The maximum absolute atomic E-state index is 11.7. The zero-order valence-corrected chi connectivity index (χ0v) is 14.6. The van der Waals surface area contributed by atoms with E-state index in [1.54, 1.807) is 6.92 Å². The van der Waals surface area contributed by atoms with Gasteiger partial charge in [0, 0.05) is 29.6 Å². The number of aliphatic imine (C=N–C) groups is 1. The van der Waals surface area contributed by atoms with Crippen molar-refractivity contribution in [3.8, 4) is 6.07 Å². The molecule has 1 aromatic carbocycles. The summed E-state index contributed by atoms with van der Waals surface area (Å²) in [5.74, 6) is -1.50. The minimum atomic E-state index is -0.953. The number of ether oxygens (including phenoxy) is 1. The molecule has 2 rings (SSSR count). The van der Waals surface area contributed by atoms with E-state index in [9.17, 15) is 4.79 Å². The van der Waals surface area contributed by atoms with Crippen LogP contribution in [-0.2, 0) is 9.53 Å². The molecule has 2 atom stereocenters. The number of benzene rings is 1. The van der Waals surface area contributed by atoms with Crippen LogP contribution in [0.2, 0.25) is 5.02 Å². The summed E-state index contributed by atoms with van der Waals surface area (Å²) in [4.78, 5) is 17.5. The van der Waals surface area contributed by atoms with Crippen LogP contribution in [0, 0.1) is 17.2 Å². The van der Waals surface area contributed by atoms with Gasteiger partial charge in [-0.1, -0.05) is 29.8 Å². The van der Waals surface area contributed by atoms with E-state index in [2.05, 4.69) is 4.99 Å². The van der Waals surface area contributed by atoms with Gasteiger partial charge in [0.2, 0.25) is 0 Å². The number of nitrogens with one attached hydrogen (secondary N) is 1. The van der Waals surface area contributed by atoms with Crippen LogP contribution in [-0.4, -0.2) is 38.4 Å². The zero-order valence-electron chi connectivity index (χ0n) is 13.9. The maximum atomic E-state index is 11.7. The van der Waals surface area contributed by atoms with Crippen LogP contribution in [0.3, 0.4) is 0 Å². The summed E-state index contributed by atoms with van der Waals surface area (Å²) in [6.07, 6.45) is 3.80. The van der Waals surface area contributed by atoms with E-state index < -0.39 is 11.9 Å². The highest BCUT2D eigenvalue weighted by Gasteiger charge is 2.28. The van der Waals surface area contributed by atoms with Gasteiger partial charge in [0.1, 0.15) is 6.04 Å². The molecule has 1 heterocycles. The average molecular weight is 349 g/mol. The second kappa shape index (κ2) is 9.41. The van der Waals surface area contributed by atoms with Gasteiger partial charge in [-0.15, -0.1) is 0 Å². The molecule has 0 spiro atoms. The van der Waals surface area contributed by atoms with Gasteiger partial charge in [-0.3, -0.25) is 9.79 Å². The van der Waals surface area contributed by atoms with Gasteiger partial charge in [-0.2, -0.15) is 5.26 Å². The van der Waals surface area contributed by atoms with Crippen LogP contribution in [0.5, 0.6) is 0 Å². The summed E-state index contributed by atoms with van der Waals surface area (Å²) < 4.78 is 4.88. The van der Waals surface area contributed by atoms with E-state index >= 15 is 0 Å². The van der Waals surface area contributed by atoms with Crippen LogP contribution < -0.4 is 4.90 Å². The highest BCUT2D eigenvalue weighted by Crippen LogP contribution is 2.21. The van der Waals surface area contributed by atoms with Gasteiger partial charge in [0.15, 0.2) is 5.92 Å². The summed E-state index contributed by atoms with van der Waals surface area (Å²) in [6, 6.07) is 9.87. The molecule has 128 valence electrons. The van der Waals surface area contributed by atoms with Gasteiger partial charge in [0.25, 0.3) is 0 Å². The van der Waals surface area contributed by atoms with E-state index in [0.29, 0.717) is 6.54 Å². The largest absolute Gasteiger partial charge is 0.465 e. The summed E-state index contributed by atoms with van der Waals surface area (Å²) in [5, 5.41) is 9.83. The molecule has 1 aliphatic heterocycles. The van der Waals surface area contributed by atoms with Gasteiger partial charge in [-0.05, 0) is 13.0 Å². The molecule has 1 saturated heterocycles. The van der Waals surface area contributed by atoms with E-state index in [4.69, 9.17) is 21.6 Å². The number of esters is 1. The normalized spacial score (nSPS) is 17.5. The first-order valence-corrected chi connectivity index (χ1v) is 8.70. The van der Waals surface area contributed by atoms with Gasteiger partial charge < -0.3 is 9.64 Å². The van der Waals surface area contributed by atoms with Crippen molar-refractivity contribution in [1.29, 1.82) is 5.26 Å². The lowest BCUT2D eigenvalue weighted by atomic mass is 10.1. The van der Waals surface area contributed by atoms with E-state index in [0.717, 1.165) is 23.7 Å². The van der Waals surface area contributed by atoms with Crippen molar-refractivity contribution in [2.24, 2.45) is 10.9 Å². The van der Waals surface area contributed by atoms with Crippen LogP contribution in [0.1, 0.15) is 31.4 Å². The number of carbonyl (C=O) groups excluding carboxylic acids is 1. The van der Waals surface area contributed by atoms with Gasteiger partial charge >= 0.3 is 5.97 Å². The highest BCUT2D eigenvalue weighted by molar-refractivity contribution is 6.31. The number of carbonyl (C=O) groups is 1. The Balaban J connectivity index is 2.11. The standard InChI is InChI=1S/C18H22ClN3O2/c1-2-24-18(23)14(11-20)12-21-13-17(22-9-5-6-10-22)15-7-3-4-8-16(15)19/h3-4,7-8,12,14,17H,2,5-6,9-10,13H2,1H3/p+1/t14-,17+/m0/s1. The van der Waals surface area contributed by atoms with Crippen molar-refractivity contribution in [1.82, 2.24) is 0 Å². The molecule has 24 heavy (non-hydrogen) atoms. The summed E-state index contributed by atoms with van der Waals surface area (Å²) >= 11 is 6.37. The first-order chi connectivity index (χ1) is 11.7. The third-order valence-electron chi connectivity index (χ3n) is 4.24. The number of halogens is 1. The van der Waals surface area contributed by atoms with Crippen LogP contribution in [0.25, 0.3) is 0 Å². The minimum absolute atomic E-state index is 0.138. The van der Waals surface area contributed by atoms with Gasteiger partial charge in [-0.25, -0.2) is 0 Å². The highest BCUT2D eigenvalue weighted by atomic mass is 35.5. The lowest BCUT2D eigenvalue weighted by molar-refractivity contribution is -0.918. The SMILES string of the molecule is CCOC(=O)[C@@H](C#N)C=NC[C@H](c1ccccc1Cl)[NH+]1CCCC1. The molecular formula is C18H23ClN3O2+. The number of quaternary nitrogens is 1. The maximum Gasteiger partial charge on any atom is 0.328 e. The third kappa shape index (κ3) is 4.80. The second-order valence-electron chi connectivity index (χ2n) is 5.81. The molecule has 1 N–H and O–H groups in total. The van der Waals surface area contributed by atoms with Crippen LogP contribution >= 0.6 is 11.6 Å². The molecule has 1 aliphatic rings. The van der Waals surface area contributed by atoms with E-state index in [1.807, 2.05) is 30.3 Å². The molecule has 0 saturated carbocycles. The predicted octanol–water partition coefficient (Wildman–Crippen LogP) is 1.83. The summed E-state index contributed by atoms with van der Waals surface area (Å²) in [6.45, 7) is 4.64. The number of hydrogen-bond acceptors (Lipinski definition) is 4. The average Bonchev–Trinajstić information content (AvgIpc) is 3.10. The van der Waals surface area contributed by atoms with Gasteiger partial charge in [0.05, 0.1) is 32.3 Å². The fraction of sp³-hybridized carbons (Fsp3) is 0.500. The fourth-order valence-electron chi connectivity index (χ4n) is 3.03. The number of hydrogen-bond donors (Lipinski definition) is 1. The molecule has 0 aliphatic carbocycles. The van der Waals surface area contributed by atoms with Crippen molar-refractivity contribution in [2.45, 2.75) is 25.8 Å². The van der Waals surface area contributed by atoms with Crippen molar-refractivity contribution in [3.05, 3.63) is 34.9 Å². The number of nitrogens with zero attached hydrogens (tertiary/aromatic N) is 2. The second-order valence-corrected chi connectivity index (χ2v) is 6.22. The molecule has 5 nitrogen and oxygen atoms in total. The number of likely N-dealkylation sites (tertiary alicyclic amines) is 1. The molecule has 1 aromatic rings.